The maximum atomic E-state index is 12.5. The van der Waals surface area contributed by atoms with Crippen LogP contribution in [0, 0.1) is 0 Å². The topological polar surface area (TPSA) is 88.5 Å². The molecule has 0 saturated heterocycles. The number of ether oxygens (including phenoxy) is 1. The van der Waals surface area contributed by atoms with E-state index in [1.807, 2.05) is 36.4 Å². The van der Waals surface area contributed by atoms with Crippen LogP contribution in [0.25, 0.3) is 21.7 Å². The third-order valence-electron chi connectivity index (χ3n) is 4.66. The molecule has 2 N–H and O–H groups in total. The number of rotatable bonds is 5. The van der Waals surface area contributed by atoms with Crippen molar-refractivity contribution in [2.24, 2.45) is 0 Å². The maximum Gasteiger partial charge on any atom is 0.341 e. The molecule has 6 heteroatoms. The standard InChI is InChI=1S/C23H18N2O4/c1-2-29-23(28)19-13-24-20-17-6-4-3-5-14(17)9-12-18(20)21(19)25-16-10-7-15(8-11-16)22(26)27/h3-13H,2H2,1H3,(H,24,25)(H,26,27). The Balaban J connectivity index is 1.89. The van der Waals surface area contributed by atoms with E-state index in [0.717, 1.165) is 21.7 Å². The van der Waals surface area contributed by atoms with Gasteiger partial charge in [-0.05, 0) is 36.6 Å². The molecule has 0 fully saturated rings. The lowest BCUT2D eigenvalue weighted by Crippen LogP contribution is -2.09. The summed E-state index contributed by atoms with van der Waals surface area (Å²) in [5, 5.41) is 15.1. The van der Waals surface area contributed by atoms with Gasteiger partial charge in [-0.1, -0.05) is 36.4 Å². The molecule has 0 aliphatic rings. The third kappa shape index (κ3) is 3.48. The molecule has 0 amide bonds. The van der Waals surface area contributed by atoms with Crippen LogP contribution < -0.4 is 5.32 Å². The summed E-state index contributed by atoms with van der Waals surface area (Å²) in [6, 6.07) is 18.1. The summed E-state index contributed by atoms with van der Waals surface area (Å²) in [6.45, 7) is 2.00. The van der Waals surface area contributed by atoms with Crippen LogP contribution in [0.1, 0.15) is 27.6 Å². The highest BCUT2D eigenvalue weighted by Crippen LogP contribution is 2.33. The molecule has 0 aliphatic carbocycles. The minimum atomic E-state index is -0.996. The molecule has 6 nitrogen and oxygen atoms in total. The van der Waals surface area contributed by atoms with Gasteiger partial charge in [0.2, 0.25) is 0 Å². The first-order valence-corrected chi connectivity index (χ1v) is 9.16. The SMILES string of the molecule is CCOC(=O)c1cnc2c(ccc3ccccc32)c1Nc1ccc(C(=O)O)cc1. The van der Waals surface area contributed by atoms with Gasteiger partial charge in [0.15, 0.2) is 0 Å². The quantitative estimate of drug-likeness (QED) is 0.370. The van der Waals surface area contributed by atoms with E-state index in [9.17, 15) is 9.59 Å². The fourth-order valence-corrected chi connectivity index (χ4v) is 3.27. The fraction of sp³-hybridized carbons (Fsp3) is 0.0870. The molecule has 0 aliphatic heterocycles. The van der Waals surface area contributed by atoms with E-state index in [-0.39, 0.29) is 12.2 Å². The van der Waals surface area contributed by atoms with Crippen LogP contribution in [0.2, 0.25) is 0 Å². The zero-order valence-electron chi connectivity index (χ0n) is 15.7. The number of carboxylic acids is 1. The Labute approximate surface area is 166 Å². The van der Waals surface area contributed by atoms with Crippen molar-refractivity contribution < 1.29 is 19.4 Å². The number of anilines is 2. The summed E-state index contributed by atoms with van der Waals surface area (Å²) in [4.78, 5) is 28.2. The number of nitrogens with zero attached hydrogens (tertiary/aromatic N) is 1. The smallest absolute Gasteiger partial charge is 0.341 e. The minimum Gasteiger partial charge on any atom is -0.478 e. The summed E-state index contributed by atoms with van der Waals surface area (Å²) >= 11 is 0. The normalized spacial score (nSPS) is 10.8. The monoisotopic (exact) mass is 386 g/mol. The lowest BCUT2D eigenvalue weighted by molar-refractivity contribution is 0.0526. The van der Waals surface area contributed by atoms with Crippen LogP contribution in [-0.4, -0.2) is 28.6 Å². The highest BCUT2D eigenvalue weighted by atomic mass is 16.5. The summed E-state index contributed by atoms with van der Waals surface area (Å²) in [6.07, 6.45) is 1.51. The van der Waals surface area contributed by atoms with E-state index in [4.69, 9.17) is 9.84 Å². The molecule has 0 unspecified atom stereocenters. The van der Waals surface area contributed by atoms with Gasteiger partial charge >= 0.3 is 11.9 Å². The highest BCUT2D eigenvalue weighted by molar-refractivity contribution is 6.13. The molecular formula is C23H18N2O4. The second-order valence-electron chi connectivity index (χ2n) is 6.46. The van der Waals surface area contributed by atoms with Gasteiger partial charge in [-0.15, -0.1) is 0 Å². The first kappa shape index (κ1) is 18.4. The largest absolute Gasteiger partial charge is 0.478 e. The van der Waals surface area contributed by atoms with Crippen LogP contribution in [-0.2, 0) is 4.74 Å². The van der Waals surface area contributed by atoms with E-state index < -0.39 is 11.9 Å². The van der Waals surface area contributed by atoms with Crippen molar-refractivity contribution in [1.29, 1.82) is 0 Å². The average Bonchev–Trinajstić information content (AvgIpc) is 2.74. The number of carbonyl (C=O) groups excluding carboxylic acids is 1. The van der Waals surface area contributed by atoms with Gasteiger partial charge in [0.25, 0.3) is 0 Å². The van der Waals surface area contributed by atoms with Gasteiger partial charge in [0.05, 0.1) is 23.4 Å². The van der Waals surface area contributed by atoms with Crippen molar-refractivity contribution in [2.75, 3.05) is 11.9 Å². The van der Waals surface area contributed by atoms with E-state index in [1.165, 1.54) is 18.3 Å². The van der Waals surface area contributed by atoms with Crippen LogP contribution >= 0.6 is 0 Å². The number of carboxylic acid groups (broad SMARTS) is 1. The van der Waals surface area contributed by atoms with E-state index in [2.05, 4.69) is 10.3 Å². The third-order valence-corrected chi connectivity index (χ3v) is 4.66. The van der Waals surface area contributed by atoms with Gasteiger partial charge in [0, 0.05) is 22.7 Å². The first-order valence-electron chi connectivity index (χ1n) is 9.16. The van der Waals surface area contributed by atoms with Gasteiger partial charge in [-0.25, -0.2) is 9.59 Å². The Hall–Kier alpha value is -3.93. The van der Waals surface area contributed by atoms with Crippen LogP contribution in [0.5, 0.6) is 0 Å². The van der Waals surface area contributed by atoms with Crippen molar-refractivity contribution in [1.82, 2.24) is 4.98 Å². The molecule has 144 valence electrons. The van der Waals surface area contributed by atoms with Crippen LogP contribution in [0.3, 0.4) is 0 Å². The van der Waals surface area contributed by atoms with Crippen molar-refractivity contribution in [3.63, 3.8) is 0 Å². The van der Waals surface area contributed by atoms with Crippen LogP contribution in [0.4, 0.5) is 11.4 Å². The number of carbonyl (C=O) groups is 2. The Kier molecular flexibility index (Phi) is 4.83. The number of aromatic carboxylic acids is 1. The maximum absolute atomic E-state index is 12.5. The second kappa shape index (κ2) is 7.59. The number of pyridine rings is 1. The van der Waals surface area contributed by atoms with Crippen molar-refractivity contribution in [3.8, 4) is 0 Å². The van der Waals surface area contributed by atoms with Gasteiger partial charge in [0.1, 0.15) is 5.56 Å². The Morgan fingerprint density at radius 1 is 1.00 bits per heavy atom. The summed E-state index contributed by atoms with van der Waals surface area (Å²) in [5.74, 6) is -1.47. The molecule has 4 rings (SSSR count). The van der Waals surface area contributed by atoms with Crippen molar-refractivity contribution >= 4 is 45.0 Å². The van der Waals surface area contributed by atoms with E-state index in [0.29, 0.717) is 16.9 Å². The number of fused-ring (bicyclic) bond motifs is 3. The Bertz CT molecular complexity index is 1230. The van der Waals surface area contributed by atoms with Crippen molar-refractivity contribution in [2.45, 2.75) is 6.92 Å². The predicted molar refractivity (Wildman–Crippen MR) is 112 cm³/mol. The molecule has 1 aromatic heterocycles. The Morgan fingerprint density at radius 2 is 1.76 bits per heavy atom. The number of hydrogen-bond donors (Lipinski definition) is 2. The van der Waals surface area contributed by atoms with Crippen molar-refractivity contribution in [3.05, 3.63) is 78.0 Å². The molecular weight excluding hydrogens is 368 g/mol. The molecule has 0 spiro atoms. The zero-order chi connectivity index (χ0) is 20.4. The lowest BCUT2D eigenvalue weighted by atomic mass is 10.0. The number of hydrogen-bond acceptors (Lipinski definition) is 5. The van der Waals surface area contributed by atoms with E-state index >= 15 is 0 Å². The average molecular weight is 386 g/mol. The predicted octanol–water partition coefficient (Wildman–Crippen LogP) is 5.01. The molecule has 0 atom stereocenters. The van der Waals surface area contributed by atoms with E-state index in [1.54, 1.807) is 19.1 Å². The fourth-order valence-electron chi connectivity index (χ4n) is 3.27. The first-order chi connectivity index (χ1) is 14.1. The molecule has 0 saturated carbocycles. The molecule has 29 heavy (non-hydrogen) atoms. The molecule has 4 aromatic rings. The minimum absolute atomic E-state index is 0.187. The van der Waals surface area contributed by atoms with Gasteiger partial charge < -0.3 is 15.2 Å². The molecule has 0 bridgehead atoms. The summed E-state index contributed by atoms with van der Waals surface area (Å²) in [7, 11) is 0. The number of esters is 1. The van der Waals surface area contributed by atoms with Gasteiger partial charge in [-0.2, -0.15) is 0 Å². The Morgan fingerprint density at radius 3 is 2.48 bits per heavy atom. The molecule has 1 heterocycles. The number of aromatic nitrogens is 1. The number of nitrogens with one attached hydrogen (secondary N) is 1. The number of benzene rings is 3. The zero-order valence-corrected chi connectivity index (χ0v) is 15.7. The molecule has 3 aromatic carbocycles. The summed E-state index contributed by atoms with van der Waals surface area (Å²) < 4.78 is 5.20. The summed E-state index contributed by atoms with van der Waals surface area (Å²) in [5.41, 5.74) is 2.49. The lowest BCUT2D eigenvalue weighted by Gasteiger charge is -2.15. The molecule has 0 radical (unpaired) electrons. The van der Waals surface area contributed by atoms with Gasteiger partial charge in [-0.3, -0.25) is 4.98 Å². The van der Waals surface area contributed by atoms with Crippen LogP contribution in [0.15, 0.2) is 66.9 Å². The second-order valence-corrected chi connectivity index (χ2v) is 6.46. The highest BCUT2D eigenvalue weighted by Gasteiger charge is 2.18.